The fourth-order valence-corrected chi connectivity index (χ4v) is 2.19. The molecule has 0 rings (SSSR count). The van der Waals surface area contributed by atoms with Crippen molar-refractivity contribution >= 4 is 14.0 Å². The Labute approximate surface area is 72.0 Å². The minimum absolute atomic E-state index is 0.485. The molecule has 0 saturated heterocycles. The van der Waals surface area contributed by atoms with E-state index in [0.717, 1.165) is 0 Å². The molecule has 1 atom stereocenters. The molecule has 0 aliphatic carbocycles. The average Bonchev–Trinajstić information content (AvgIpc) is 2.13. The molecule has 72 valence electrons. The number of hydrogen-bond donors (Lipinski definition) is 1. The molecule has 0 heterocycles. The third-order valence-corrected chi connectivity index (χ3v) is 3.83. The molecular weight excluding hydrogens is 181 g/mol. The van der Waals surface area contributed by atoms with E-state index in [1.165, 1.54) is 14.2 Å². The van der Waals surface area contributed by atoms with E-state index in [-0.39, 0.29) is 0 Å². The lowest BCUT2D eigenvalue weighted by Gasteiger charge is -2.21. The third-order valence-electron chi connectivity index (χ3n) is 1.54. The van der Waals surface area contributed by atoms with E-state index in [1.54, 1.807) is 6.92 Å². The maximum Gasteiger partial charge on any atom is 0.352 e. The molecule has 0 saturated carbocycles. The van der Waals surface area contributed by atoms with Gasteiger partial charge in [-0.2, -0.15) is 0 Å². The topological polar surface area (TPSA) is 64.6 Å². The molecule has 0 aliphatic rings. The van der Waals surface area contributed by atoms with Gasteiger partial charge >= 0.3 is 7.60 Å². The molecular formula is C6H14NO4P. The van der Waals surface area contributed by atoms with Crippen molar-refractivity contribution in [2.75, 3.05) is 14.2 Å². The Hall–Kier alpha value is -0.380. The Bertz CT molecular complexity index is 176. The molecule has 0 spiro atoms. The molecule has 0 aromatic rings. The number of amides is 1. The number of nitrogens with one attached hydrogen (secondary N) is 1. The lowest BCUT2D eigenvalue weighted by molar-refractivity contribution is -0.109. The van der Waals surface area contributed by atoms with Gasteiger partial charge in [0.15, 0.2) is 0 Å². The summed E-state index contributed by atoms with van der Waals surface area (Å²) in [7, 11) is -0.568. The van der Waals surface area contributed by atoms with E-state index in [4.69, 9.17) is 9.05 Å². The van der Waals surface area contributed by atoms with Crippen LogP contribution in [0.25, 0.3) is 0 Å². The molecule has 1 N–H and O–H groups in total. The van der Waals surface area contributed by atoms with E-state index >= 15 is 0 Å². The first-order valence-corrected chi connectivity index (χ1v) is 5.16. The summed E-state index contributed by atoms with van der Waals surface area (Å²) in [4.78, 5) is 10.1. The van der Waals surface area contributed by atoms with Crippen molar-refractivity contribution in [1.29, 1.82) is 0 Å². The van der Waals surface area contributed by atoms with Gasteiger partial charge in [0.2, 0.25) is 6.41 Å². The molecule has 12 heavy (non-hydrogen) atoms. The molecule has 0 aromatic carbocycles. The molecule has 0 aromatic heterocycles. The van der Waals surface area contributed by atoms with Gasteiger partial charge in [-0.25, -0.2) is 0 Å². The fourth-order valence-electron chi connectivity index (χ4n) is 0.840. The van der Waals surface area contributed by atoms with Crippen LogP contribution >= 0.6 is 7.60 Å². The van der Waals surface area contributed by atoms with Gasteiger partial charge in [0.05, 0.1) is 0 Å². The number of carbonyl (C=O) groups excluding carboxylic acids is 1. The van der Waals surface area contributed by atoms with Crippen LogP contribution in [0.15, 0.2) is 0 Å². The minimum atomic E-state index is -3.15. The molecule has 0 radical (unpaired) electrons. The highest BCUT2D eigenvalue weighted by atomic mass is 31.2. The Morgan fingerprint density at radius 2 is 2.00 bits per heavy atom. The highest BCUT2D eigenvalue weighted by Crippen LogP contribution is 2.51. The molecule has 1 amide bonds. The minimum Gasteiger partial charge on any atom is -0.345 e. The first kappa shape index (κ1) is 11.6. The molecule has 0 unspecified atom stereocenters. The van der Waals surface area contributed by atoms with E-state index < -0.39 is 13.4 Å². The number of carbonyl (C=O) groups is 1. The van der Waals surface area contributed by atoms with Crippen LogP contribution in [-0.2, 0) is 18.4 Å². The second-order valence-corrected chi connectivity index (χ2v) is 4.55. The van der Waals surface area contributed by atoms with Crippen molar-refractivity contribution < 1.29 is 18.4 Å². The highest BCUT2D eigenvalue weighted by Gasteiger charge is 2.31. The van der Waals surface area contributed by atoms with E-state index in [9.17, 15) is 9.36 Å². The summed E-state index contributed by atoms with van der Waals surface area (Å²) in [5.74, 6) is -0.565. The van der Waals surface area contributed by atoms with Crippen molar-refractivity contribution in [3.05, 3.63) is 0 Å². The highest BCUT2D eigenvalue weighted by molar-refractivity contribution is 7.54. The van der Waals surface area contributed by atoms with Crippen LogP contribution in [0.3, 0.4) is 0 Å². The van der Waals surface area contributed by atoms with Gasteiger partial charge in [0.1, 0.15) is 5.78 Å². The van der Waals surface area contributed by atoms with Gasteiger partial charge in [-0.3, -0.25) is 9.36 Å². The predicted molar refractivity (Wildman–Crippen MR) is 44.9 cm³/mol. The number of hydrogen-bond acceptors (Lipinski definition) is 4. The van der Waals surface area contributed by atoms with Crippen molar-refractivity contribution in [2.24, 2.45) is 0 Å². The number of rotatable bonds is 6. The summed E-state index contributed by atoms with van der Waals surface area (Å²) < 4.78 is 21.0. The van der Waals surface area contributed by atoms with Crippen LogP contribution in [0.4, 0.5) is 0 Å². The van der Waals surface area contributed by atoms with Gasteiger partial charge in [0.25, 0.3) is 0 Å². The standard InChI is InChI=1S/C6H14NO4P/c1-4-6(7-5-8)12(9,10-2)11-3/h5-6H,4H2,1-3H3,(H,7,8)/t6-/m1/s1. The van der Waals surface area contributed by atoms with Crippen LogP contribution in [-0.4, -0.2) is 26.4 Å². The quantitative estimate of drug-likeness (QED) is 0.506. The summed E-state index contributed by atoms with van der Waals surface area (Å²) in [6, 6.07) is 0. The molecule has 0 fully saturated rings. The van der Waals surface area contributed by atoms with Crippen LogP contribution in [0.5, 0.6) is 0 Å². The Morgan fingerprint density at radius 3 is 2.25 bits per heavy atom. The van der Waals surface area contributed by atoms with Crippen LogP contribution in [0, 0.1) is 0 Å². The summed E-state index contributed by atoms with van der Waals surface area (Å²) in [6.45, 7) is 1.78. The first-order valence-electron chi connectivity index (χ1n) is 3.55. The zero-order chi connectivity index (χ0) is 9.61. The lowest BCUT2D eigenvalue weighted by Crippen LogP contribution is -2.28. The van der Waals surface area contributed by atoms with E-state index in [2.05, 4.69) is 5.32 Å². The Balaban J connectivity index is 4.43. The maximum atomic E-state index is 11.6. The predicted octanol–water partition coefficient (Wildman–Crippen LogP) is 0.954. The van der Waals surface area contributed by atoms with Gasteiger partial charge in [0, 0.05) is 14.2 Å². The van der Waals surface area contributed by atoms with Crippen molar-refractivity contribution in [3.8, 4) is 0 Å². The Kier molecular flexibility index (Phi) is 5.13. The molecule has 0 bridgehead atoms. The second-order valence-electron chi connectivity index (χ2n) is 2.11. The first-order chi connectivity index (χ1) is 5.64. The molecule has 0 aliphatic heterocycles. The average molecular weight is 195 g/mol. The Morgan fingerprint density at radius 1 is 1.50 bits per heavy atom. The van der Waals surface area contributed by atoms with Gasteiger partial charge < -0.3 is 14.4 Å². The van der Waals surface area contributed by atoms with E-state index in [0.29, 0.717) is 12.8 Å². The van der Waals surface area contributed by atoms with Crippen molar-refractivity contribution in [2.45, 2.75) is 19.1 Å². The summed E-state index contributed by atoms with van der Waals surface area (Å²) in [5.41, 5.74) is 0. The lowest BCUT2D eigenvalue weighted by atomic mass is 10.5. The summed E-state index contributed by atoms with van der Waals surface area (Å²) in [5, 5.41) is 2.38. The zero-order valence-corrected chi connectivity index (χ0v) is 8.34. The van der Waals surface area contributed by atoms with Crippen molar-refractivity contribution in [3.63, 3.8) is 0 Å². The fraction of sp³-hybridized carbons (Fsp3) is 0.833. The largest absolute Gasteiger partial charge is 0.352 e. The third kappa shape index (κ3) is 2.59. The normalized spacial score (nSPS) is 13.9. The summed E-state index contributed by atoms with van der Waals surface area (Å²) >= 11 is 0. The molecule has 5 nitrogen and oxygen atoms in total. The van der Waals surface area contributed by atoms with Crippen LogP contribution in [0.1, 0.15) is 13.3 Å². The van der Waals surface area contributed by atoms with Crippen LogP contribution in [0.2, 0.25) is 0 Å². The smallest absolute Gasteiger partial charge is 0.345 e. The zero-order valence-electron chi connectivity index (χ0n) is 7.44. The molecule has 6 heteroatoms. The SMILES string of the molecule is CC[C@H](NC=O)P(=O)(OC)OC. The van der Waals surface area contributed by atoms with Crippen LogP contribution < -0.4 is 5.32 Å². The summed E-state index contributed by atoms with van der Waals surface area (Å²) in [6.07, 6.45) is 0.983. The van der Waals surface area contributed by atoms with Crippen molar-refractivity contribution in [1.82, 2.24) is 5.32 Å². The van der Waals surface area contributed by atoms with Gasteiger partial charge in [-0.1, -0.05) is 6.92 Å². The van der Waals surface area contributed by atoms with E-state index in [1.807, 2.05) is 0 Å². The van der Waals surface area contributed by atoms with Gasteiger partial charge in [-0.15, -0.1) is 0 Å². The van der Waals surface area contributed by atoms with Gasteiger partial charge in [-0.05, 0) is 6.42 Å². The monoisotopic (exact) mass is 195 g/mol. The maximum absolute atomic E-state index is 11.6. The second kappa shape index (κ2) is 5.30.